The number of halogens is 1. The number of fused-ring (bicyclic) bond motifs is 1. The summed E-state index contributed by atoms with van der Waals surface area (Å²) in [5.74, 6) is 0.256. The minimum absolute atomic E-state index is 0.0389. The highest BCUT2D eigenvalue weighted by Gasteiger charge is 2.22. The van der Waals surface area contributed by atoms with Crippen LogP contribution >= 0.6 is 15.9 Å². The van der Waals surface area contributed by atoms with E-state index in [4.69, 9.17) is 0 Å². The van der Waals surface area contributed by atoms with Gasteiger partial charge in [-0.3, -0.25) is 14.8 Å². The molecule has 4 rings (SSSR count). The third-order valence-corrected chi connectivity index (χ3v) is 6.55. The Labute approximate surface area is 204 Å². The average Bonchev–Trinajstić information content (AvgIpc) is 3.30. The van der Waals surface area contributed by atoms with Crippen molar-refractivity contribution in [3.8, 4) is 0 Å². The van der Waals surface area contributed by atoms with Crippen molar-refractivity contribution in [2.24, 2.45) is 0 Å². The lowest BCUT2D eigenvalue weighted by Crippen LogP contribution is -2.38. The Balaban J connectivity index is 1.59. The molecule has 0 atom stereocenters. The summed E-state index contributed by atoms with van der Waals surface area (Å²) in [5, 5.41) is 10.9. The second-order valence-corrected chi connectivity index (χ2v) is 9.85. The molecule has 6 nitrogen and oxygen atoms in total. The first kappa shape index (κ1) is 23.5. The van der Waals surface area contributed by atoms with Gasteiger partial charge >= 0.3 is 0 Å². The van der Waals surface area contributed by atoms with Gasteiger partial charge in [-0.1, -0.05) is 60.1 Å². The predicted octanol–water partition coefficient (Wildman–Crippen LogP) is 5.26. The van der Waals surface area contributed by atoms with Gasteiger partial charge in [-0.25, -0.2) is 0 Å². The predicted molar refractivity (Wildman–Crippen MR) is 136 cm³/mol. The van der Waals surface area contributed by atoms with E-state index in [2.05, 4.69) is 86.6 Å². The molecule has 1 aromatic heterocycles. The van der Waals surface area contributed by atoms with Gasteiger partial charge in [0.2, 0.25) is 0 Å². The van der Waals surface area contributed by atoms with E-state index in [1.807, 2.05) is 23.1 Å². The molecule has 0 fully saturated rings. The first-order valence-electron chi connectivity index (χ1n) is 11.6. The second kappa shape index (κ2) is 11.0. The zero-order valence-electron chi connectivity index (χ0n) is 19.4. The van der Waals surface area contributed by atoms with E-state index < -0.39 is 0 Å². The topological polar surface area (TPSA) is 64.3 Å². The fourth-order valence-electron chi connectivity index (χ4n) is 4.13. The summed E-state index contributed by atoms with van der Waals surface area (Å²) in [6, 6.07) is 18.7. The van der Waals surface area contributed by atoms with E-state index in [-0.39, 0.29) is 5.91 Å². The molecule has 0 aliphatic carbocycles. The van der Waals surface area contributed by atoms with Gasteiger partial charge in [0.1, 0.15) is 5.69 Å². The third-order valence-electron chi connectivity index (χ3n) is 6.06. The number of benzene rings is 2. The Morgan fingerprint density at radius 3 is 2.67 bits per heavy atom. The molecule has 7 heteroatoms. The molecule has 0 radical (unpaired) electrons. The van der Waals surface area contributed by atoms with Crippen molar-refractivity contribution in [3.05, 3.63) is 81.6 Å². The molecule has 2 N–H and O–H groups in total. The van der Waals surface area contributed by atoms with Gasteiger partial charge in [-0.05, 0) is 47.7 Å². The van der Waals surface area contributed by atoms with Gasteiger partial charge in [0.15, 0.2) is 0 Å². The van der Waals surface area contributed by atoms with Gasteiger partial charge in [0.05, 0.1) is 0 Å². The number of amides is 1. The van der Waals surface area contributed by atoms with Crippen LogP contribution in [0.25, 0.3) is 0 Å². The summed E-state index contributed by atoms with van der Waals surface area (Å²) in [7, 11) is 0. The molecule has 2 heterocycles. The highest BCUT2D eigenvalue weighted by Crippen LogP contribution is 2.24. The number of carbonyl (C=O) groups is 1. The number of aromatic amines is 1. The van der Waals surface area contributed by atoms with Crippen LogP contribution in [0.4, 0.5) is 5.69 Å². The number of anilines is 1. The van der Waals surface area contributed by atoms with Crippen LogP contribution in [0.15, 0.2) is 59.1 Å². The van der Waals surface area contributed by atoms with Crippen LogP contribution < -0.4 is 5.32 Å². The quantitative estimate of drug-likeness (QED) is 0.503. The van der Waals surface area contributed by atoms with Crippen LogP contribution in [0.3, 0.4) is 0 Å². The molecular formula is C26H32BrN5O. The molecule has 0 unspecified atom stereocenters. The molecule has 33 heavy (non-hydrogen) atoms. The van der Waals surface area contributed by atoms with E-state index in [0.717, 1.165) is 54.0 Å². The van der Waals surface area contributed by atoms with Crippen molar-refractivity contribution in [1.29, 1.82) is 0 Å². The zero-order chi connectivity index (χ0) is 23.2. The monoisotopic (exact) mass is 509 g/mol. The van der Waals surface area contributed by atoms with E-state index in [9.17, 15) is 4.79 Å². The number of H-pyrrole nitrogens is 1. The zero-order valence-corrected chi connectivity index (χ0v) is 20.9. The molecule has 1 amide bonds. The molecular weight excluding hydrogens is 478 g/mol. The molecule has 0 bridgehead atoms. The van der Waals surface area contributed by atoms with Crippen LogP contribution in [0.1, 0.15) is 53.5 Å². The Morgan fingerprint density at radius 2 is 1.91 bits per heavy atom. The SMILES string of the molecule is CC(C)c1cc(C(=O)N2CCN(Cc3ccccc3)CCCNc3ccc(Br)cc3C2)n[nH]1. The number of aromatic nitrogens is 2. The number of rotatable bonds is 4. The van der Waals surface area contributed by atoms with Crippen molar-refractivity contribution >= 4 is 27.5 Å². The molecule has 0 saturated carbocycles. The van der Waals surface area contributed by atoms with E-state index in [1.165, 1.54) is 5.56 Å². The van der Waals surface area contributed by atoms with E-state index in [0.29, 0.717) is 24.7 Å². The van der Waals surface area contributed by atoms with Gasteiger partial charge in [-0.15, -0.1) is 0 Å². The summed E-state index contributed by atoms with van der Waals surface area (Å²) in [6.45, 7) is 8.91. The van der Waals surface area contributed by atoms with E-state index >= 15 is 0 Å². The van der Waals surface area contributed by atoms with E-state index in [1.54, 1.807) is 0 Å². The van der Waals surface area contributed by atoms with Crippen molar-refractivity contribution in [2.45, 2.75) is 39.3 Å². The first-order chi connectivity index (χ1) is 16.0. The maximum atomic E-state index is 13.5. The summed E-state index contributed by atoms with van der Waals surface area (Å²) in [6.07, 6.45) is 1.04. The van der Waals surface area contributed by atoms with Gasteiger partial charge in [0, 0.05) is 55.1 Å². The van der Waals surface area contributed by atoms with Crippen molar-refractivity contribution in [3.63, 3.8) is 0 Å². The number of hydrogen-bond acceptors (Lipinski definition) is 4. The molecule has 0 spiro atoms. The highest BCUT2D eigenvalue weighted by molar-refractivity contribution is 9.10. The summed E-state index contributed by atoms with van der Waals surface area (Å²) in [4.78, 5) is 17.9. The Kier molecular flexibility index (Phi) is 7.83. The van der Waals surface area contributed by atoms with Crippen molar-refractivity contribution in [2.75, 3.05) is 31.5 Å². The lowest BCUT2D eigenvalue weighted by molar-refractivity contribution is 0.0714. The maximum Gasteiger partial charge on any atom is 0.274 e. The summed E-state index contributed by atoms with van der Waals surface area (Å²) < 4.78 is 1.01. The fourth-order valence-corrected chi connectivity index (χ4v) is 4.54. The molecule has 174 valence electrons. The average molecular weight is 510 g/mol. The Hall–Kier alpha value is -2.64. The minimum atomic E-state index is -0.0389. The van der Waals surface area contributed by atoms with Gasteiger partial charge in [0.25, 0.3) is 5.91 Å². The van der Waals surface area contributed by atoms with Gasteiger partial charge in [-0.2, -0.15) is 5.10 Å². The summed E-state index contributed by atoms with van der Waals surface area (Å²) in [5.41, 5.74) is 4.94. The molecule has 1 aliphatic heterocycles. The lowest BCUT2D eigenvalue weighted by Gasteiger charge is -2.27. The second-order valence-electron chi connectivity index (χ2n) is 8.93. The highest BCUT2D eigenvalue weighted by atomic mass is 79.9. The molecule has 0 saturated heterocycles. The molecule has 2 aromatic carbocycles. The van der Waals surface area contributed by atoms with Gasteiger partial charge < -0.3 is 10.2 Å². The number of nitrogens with one attached hydrogen (secondary N) is 2. The van der Waals surface area contributed by atoms with Crippen molar-refractivity contribution in [1.82, 2.24) is 20.0 Å². The molecule has 1 aliphatic rings. The summed E-state index contributed by atoms with van der Waals surface area (Å²) >= 11 is 3.60. The third kappa shape index (κ3) is 6.24. The van der Waals surface area contributed by atoms with Crippen molar-refractivity contribution < 1.29 is 4.79 Å². The normalized spacial score (nSPS) is 15.6. The fraction of sp³-hybridized carbons (Fsp3) is 0.385. The van der Waals surface area contributed by atoms with Crippen LogP contribution in [0, 0.1) is 0 Å². The largest absolute Gasteiger partial charge is 0.385 e. The van der Waals surface area contributed by atoms with Crippen LogP contribution in [0.2, 0.25) is 0 Å². The van der Waals surface area contributed by atoms with Crippen LogP contribution in [-0.2, 0) is 13.1 Å². The molecule has 3 aromatic rings. The smallest absolute Gasteiger partial charge is 0.274 e. The maximum absolute atomic E-state index is 13.5. The first-order valence-corrected chi connectivity index (χ1v) is 12.4. The number of hydrogen-bond donors (Lipinski definition) is 2. The Bertz CT molecular complexity index is 1070. The van der Waals surface area contributed by atoms with Crippen LogP contribution in [-0.4, -0.2) is 52.1 Å². The number of nitrogens with zero attached hydrogens (tertiary/aromatic N) is 3. The van der Waals surface area contributed by atoms with Crippen LogP contribution in [0.5, 0.6) is 0 Å². The Morgan fingerprint density at radius 1 is 1.09 bits per heavy atom. The lowest BCUT2D eigenvalue weighted by atomic mass is 10.1. The minimum Gasteiger partial charge on any atom is -0.385 e. The standard InChI is InChI=1S/C26H32BrN5O/c1-19(2)24-16-25(30-29-24)26(33)32-14-13-31(17-20-7-4-3-5-8-20)12-6-11-28-23-10-9-22(27)15-21(23)18-32/h3-5,7-10,15-16,19,28H,6,11-14,17-18H2,1-2H3,(H,29,30). The number of carbonyl (C=O) groups excluding carboxylic acids is 1.